The van der Waals surface area contributed by atoms with Gasteiger partial charge in [-0.05, 0) is 12.5 Å². The Balaban J connectivity index is 2.33. The van der Waals surface area contributed by atoms with Crippen molar-refractivity contribution in [1.29, 1.82) is 0 Å². The molecule has 1 aromatic carbocycles. The molecule has 1 fully saturated rings. The van der Waals surface area contributed by atoms with Crippen molar-refractivity contribution in [3.63, 3.8) is 0 Å². The third-order valence-corrected chi connectivity index (χ3v) is 4.96. The second-order valence-corrected chi connectivity index (χ2v) is 6.99. The van der Waals surface area contributed by atoms with Crippen LogP contribution in [0.2, 0.25) is 0 Å². The first-order valence-electron chi connectivity index (χ1n) is 6.08. The van der Waals surface area contributed by atoms with Gasteiger partial charge in [0.1, 0.15) is 5.82 Å². The summed E-state index contributed by atoms with van der Waals surface area (Å²) in [4.78, 5) is 12.5. The summed E-state index contributed by atoms with van der Waals surface area (Å²) >= 11 is 0. The topological polar surface area (TPSA) is 101 Å². The Morgan fingerprint density at radius 3 is 2.65 bits per heavy atom. The molecule has 0 atom stereocenters. The number of hydrogen-bond acceptors (Lipinski definition) is 5. The van der Waals surface area contributed by atoms with Gasteiger partial charge in [-0.25, -0.2) is 17.6 Å². The molecule has 110 valence electrons. The van der Waals surface area contributed by atoms with E-state index in [4.69, 9.17) is 10.8 Å². The number of anilines is 2. The van der Waals surface area contributed by atoms with Crippen LogP contribution in [-0.4, -0.2) is 44.1 Å². The van der Waals surface area contributed by atoms with Crippen molar-refractivity contribution in [2.75, 3.05) is 35.2 Å². The van der Waals surface area contributed by atoms with Crippen LogP contribution in [0.5, 0.6) is 0 Å². The Kier molecular flexibility index (Phi) is 3.85. The molecule has 1 aliphatic heterocycles. The van der Waals surface area contributed by atoms with E-state index in [1.807, 2.05) is 0 Å². The van der Waals surface area contributed by atoms with E-state index in [1.165, 1.54) is 0 Å². The fourth-order valence-corrected chi connectivity index (χ4v) is 3.47. The van der Waals surface area contributed by atoms with Crippen molar-refractivity contribution < 1.29 is 22.7 Å². The highest BCUT2D eigenvalue weighted by molar-refractivity contribution is 7.91. The van der Waals surface area contributed by atoms with Crippen molar-refractivity contribution in [2.45, 2.75) is 6.42 Å². The fraction of sp³-hybridized carbons (Fsp3) is 0.417. The van der Waals surface area contributed by atoms with Gasteiger partial charge in [-0.3, -0.25) is 0 Å². The summed E-state index contributed by atoms with van der Waals surface area (Å²) in [5.74, 6) is -2.19. The first-order valence-corrected chi connectivity index (χ1v) is 7.90. The highest BCUT2D eigenvalue weighted by atomic mass is 32.2. The summed E-state index contributed by atoms with van der Waals surface area (Å²) in [5.41, 5.74) is 5.73. The Hall–Kier alpha value is -1.83. The summed E-state index contributed by atoms with van der Waals surface area (Å²) in [6.45, 7) is 0.660. The number of nitrogens with two attached hydrogens (primary N) is 1. The van der Waals surface area contributed by atoms with Gasteiger partial charge in [0.2, 0.25) is 0 Å². The van der Waals surface area contributed by atoms with E-state index in [9.17, 15) is 17.6 Å². The van der Waals surface area contributed by atoms with Crippen LogP contribution in [-0.2, 0) is 9.84 Å². The van der Waals surface area contributed by atoms with E-state index in [0.717, 1.165) is 12.1 Å². The van der Waals surface area contributed by atoms with Gasteiger partial charge >= 0.3 is 5.97 Å². The molecule has 0 spiro atoms. The lowest BCUT2D eigenvalue weighted by Crippen LogP contribution is -2.27. The molecular weight excluding hydrogens is 287 g/mol. The maximum absolute atomic E-state index is 13.7. The number of hydrogen-bond donors (Lipinski definition) is 2. The van der Waals surface area contributed by atoms with Crippen molar-refractivity contribution in [2.24, 2.45) is 0 Å². The first kappa shape index (κ1) is 14.6. The summed E-state index contributed by atoms with van der Waals surface area (Å²) in [5, 5.41) is 8.82. The number of benzene rings is 1. The van der Waals surface area contributed by atoms with E-state index < -0.39 is 27.2 Å². The number of nitrogens with zero attached hydrogens (tertiary/aromatic N) is 1. The number of carbonyl (C=O) groups is 1. The number of aromatic carboxylic acids is 1. The Morgan fingerprint density at radius 2 is 2.00 bits per heavy atom. The minimum Gasteiger partial charge on any atom is -0.478 e. The molecule has 1 heterocycles. The lowest BCUT2D eigenvalue weighted by molar-refractivity contribution is 0.0692. The largest absolute Gasteiger partial charge is 0.478 e. The van der Waals surface area contributed by atoms with Crippen molar-refractivity contribution in [3.05, 3.63) is 23.5 Å². The molecule has 2 rings (SSSR count). The van der Waals surface area contributed by atoms with Crippen LogP contribution in [0.1, 0.15) is 16.8 Å². The van der Waals surface area contributed by atoms with Gasteiger partial charge in [0.15, 0.2) is 9.84 Å². The zero-order valence-corrected chi connectivity index (χ0v) is 11.5. The van der Waals surface area contributed by atoms with Gasteiger partial charge in [-0.2, -0.15) is 0 Å². The highest BCUT2D eigenvalue weighted by Gasteiger charge is 2.22. The predicted octanol–water partition coefficient (Wildman–Crippen LogP) is 0.731. The Morgan fingerprint density at radius 1 is 1.30 bits per heavy atom. The van der Waals surface area contributed by atoms with Crippen LogP contribution >= 0.6 is 0 Å². The Labute approximate surface area is 115 Å². The van der Waals surface area contributed by atoms with Crippen molar-refractivity contribution in [3.8, 4) is 0 Å². The number of rotatable bonds is 2. The lowest BCUT2D eigenvalue weighted by atomic mass is 10.1. The van der Waals surface area contributed by atoms with E-state index in [1.54, 1.807) is 4.90 Å². The zero-order valence-electron chi connectivity index (χ0n) is 10.7. The van der Waals surface area contributed by atoms with Crippen molar-refractivity contribution >= 4 is 27.2 Å². The first-order chi connectivity index (χ1) is 9.30. The van der Waals surface area contributed by atoms with Crippen LogP contribution in [0.3, 0.4) is 0 Å². The quantitative estimate of drug-likeness (QED) is 0.781. The smallest absolute Gasteiger partial charge is 0.338 e. The van der Waals surface area contributed by atoms with Gasteiger partial charge in [0, 0.05) is 19.2 Å². The normalized spacial score (nSPS) is 18.6. The second kappa shape index (κ2) is 5.28. The minimum atomic E-state index is -3.08. The average molecular weight is 302 g/mol. The summed E-state index contributed by atoms with van der Waals surface area (Å²) in [6, 6.07) is 2.11. The molecule has 6 nitrogen and oxygen atoms in total. The Bertz CT molecular complexity index is 645. The average Bonchev–Trinajstić information content (AvgIpc) is 2.52. The maximum atomic E-state index is 13.7. The van der Waals surface area contributed by atoms with Crippen LogP contribution < -0.4 is 10.6 Å². The molecule has 1 aliphatic rings. The molecule has 3 N–H and O–H groups in total. The maximum Gasteiger partial charge on any atom is 0.338 e. The monoisotopic (exact) mass is 302 g/mol. The number of halogens is 1. The number of carboxylic acid groups (broad SMARTS) is 1. The molecule has 1 aromatic rings. The molecular formula is C12H15FN2O4S. The molecule has 0 amide bonds. The molecule has 0 bridgehead atoms. The number of sulfone groups is 1. The van der Waals surface area contributed by atoms with Gasteiger partial charge in [0.25, 0.3) is 0 Å². The molecule has 0 aromatic heterocycles. The van der Waals surface area contributed by atoms with Crippen molar-refractivity contribution in [1.82, 2.24) is 0 Å². The third-order valence-electron chi connectivity index (χ3n) is 3.24. The predicted molar refractivity (Wildman–Crippen MR) is 73.3 cm³/mol. The molecule has 0 aliphatic carbocycles. The number of nitrogen functional groups attached to an aromatic ring is 1. The van der Waals surface area contributed by atoms with Crippen LogP contribution in [0.4, 0.5) is 15.8 Å². The molecule has 0 saturated carbocycles. The molecule has 0 radical (unpaired) electrons. The number of carboxylic acids is 1. The molecule has 20 heavy (non-hydrogen) atoms. The van der Waals surface area contributed by atoms with Gasteiger partial charge in [-0.1, -0.05) is 0 Å². The van der Waals surface area contributed by atoms with Crippen LogP contribution in [0.15, 0.2) is 12.1 Å². The third kappa shape index (κ3) is 3.01. The minimum absolute atomic E-state index is 0.0191. The fourth-order valence-electron chi connectivity index (χ4n) is 2.20. The standard InChI is InChI=1S/C12H15FN2O4S/c13-9-7-11(10(14)6-8(9)12(16)17)15-2-1-4-20(18,19)5-3-15/h6-7H,1-5,14H2,(H,16,17). The van der Waals surface area contributed by atoms with Gasteiger partial charge < -0.3 is 15.7 Å². The molecule has 0 unspecified atom stereocenters. The van der Waals surface area contributed by atoms with Crippen LogP contribution in [0, 0.1) is 5.82 Å². The van der Waals surface area contributed by atoms with E-state index in [0.29, 0.717) is 18.7 Å². The second-order valence-electron chi connectivity index (χ2n) is 4.69. The van der Waals surface area contributed by atoms with Gasteiger partial charge in [-0.15, -0.1) is 0 Å². The van der Waals surface area contributed by atoms with Crippen LogP contribution in [0.25, 0.3) is 0 Å². The SMILES string of the molecule is Nc1cc(C(=O)O)c(F)cc1N1CCCS(=O)(=O)CC1. The highest BCUT2D eigenvalue weighted by Crippen LogP contribution is 2.28. The molecule has 8 heteroatoms. The van der Waals surface area contributed by atoms with E-state index >= 15 is 0 Å². The summed E-state index contributed by atoms with van der Waals surface area (Å²) in [6.07, 6.45) is 0.435. The lowest BCUT2D eigenvalue weighted by Gasteiger charge is -2.24. The summed E-state index contributed by atoms with van der Waals surface area (Å²) in [7, 11) is -3.08. The zero-order chi connectivity index (χ0) is 14.9. The van der Waals surface area contributed by atoms with E-state index in [-0.39, 0.29) is 23.7 Å². The molecule has 1 saturated heterocycles. The van der Waals surface area contributed by atoms with Gasteiger partial charge in [0.05, 0.1) is 28.4 Å². The van der Waals surface area contributed by atoms with E-state index in [2.05, 4.69) is 0 Å². The summed E-state index contributed by atoms with van der Waals surface area (Å²) < 4.78 is 36.8.